The van der Waals surface area contributed by atoms with Gasteiger partial charge in [-0.05, 0) is 30.0 Å². The molecule has 0 spiro atoms. The quantitative estimate of drug-likeness (QED) is 0.779. The predicted molar refractivity (Wildman–Crippen MR) is 85.3 cm³/mol. The largest absolute Gasteiger partial charge is 0.366 e. The Hall–Kier alpha value is -1.59. The average molecular weight is 312 g/mol. The molecule has 0 bridgehead atoms. The number of benzene rings is 1. The molecule has 5 N–H and O–H groups in total. The summed E-state index contributed by atoms with van der Waals surface area (Å²) in [5.41, 5.74) is 11.9. The molecule has 6 heteroatoms. The molecule has 5 nitrogen and oxygen atoms in total. The third kappa shape index (κ3) is 6.14. The van der Waals surface area contributed by atoms with Crippen LogP contribution in [0.4, 0.5) is 5.69 Å². The summed E-state index contributed by atoms with van der Waals surface area (Å²) in [6.45, 7) is 6.22. The second kappa shape index (κ2) is 6.91. The number of hydrogen-bond donors (Lipinski definition) is 3. The number of halogens is 1. The monoisotopic (exact) mass is 311 g/mol. The zero-order valence-electron chi connectivity index (χ0n) is 12.6. The van der Waals surface area contributed by atoms with Crippen molar-refractivity contribution in [2.75, 3.05) is 5.32 Å². The van der Waals surface area contributed by atoms with Crippen LogP contribution in [-0.4, -0.2) is 17.9 Å². The summed E-state index contributed by atoms with van der Waals surface area (Å²) in [5, 5.41) is 2.95. The molecule has 1 rings (SSSR count). The maximum absolute atomic E-state index is 11.9. The summed E-state index contributed by atoms with van der Waals surface area (Å²) in [4.78, 5) is 23.1. The first-order chi connectivity index (χ1) is 9.58. The summed E-state index contributed by atoms with van der Waals surface area (Å²) in [6, 6.07) is 4.37. The van der Waals surface area contributed by atoms with E-state index in [0.717, 1.165) is 6.42 Å². The number of rotatable bonds is 5. The Morgan fingerprint density at radius 1 is 1.33 bits per heavy atom. The predicted octanol–water partition coefficient (Wildman–Crippen LogP) is 2.53. The maximum Gasteiger partial charge on any atom is 0.250 e. The molecule has 21 heavy (non-hydrogen) atoms. The van der Waals surface area contributed by atoms with Gasteiger partial charge in [0.15, 0.2) is 0 Å². The van der Waals surface area contributed by atoms with E-state index in [2.05, 4.69) is 26.1 Å². The molecule has 1 atom stereocenters. The van der Waals surface area contributed by atoms with Crippen molar-refractivity contribution in [2.24, 2.45) is 16.9 Å². The van der Waals surface area contributed by atoms with Crippen molar-refractivity contribution in [1.82, 2.24) is 0 Å². The number of hydrogen-bond acceptors (Lipinski definition) is 3. The molecular weight excluding hydrogens is 290 g/mol. The molecule has 0 saturated carbocycles. The van der Waals surface area contributed by atoms with Crippen molar-refractivity contribution in [2.45, 2.75) is 39.7 Å². The molecule has 1 aromatic rings. The van der Waals surface area contributed by atoms with Gasteiger partial charge in [0.05, 0.1) is 10.6 Å². The summed E-state index contributed by atoms with van der Waals surface area (Å²) < 4.78 is 0. The third-order valence-electron chi connectivity index (χ3n) is 2.84. The Kier molecular flexibility index (Phi) is 5.75. The minimum Gasteiger partial charge on any atom is -0.366 e. The van der Waals surface area contributed by atoms with E-state index in [1.807, 2.05) is 0 Å². The van der Waals surface area contributed by atoms with Crippen LogP contribution in [0.2, 0.25) is 5.02 Å². The fourth-order valence-electron chi connectivity index (χ4n) is 2.10. The smallest absolute Gasteiger partial charge is 0.250 e. The van der Waals surface area contributed by atoms with Crippen molar-refractivity contribution in [3.63, 3.8) is 0 Å². The van der Waals surface area contributed by atoms with Crippen LogP contribution >= 0.6 is 11.6 Å². The van der Waals surface area contributed by atoms with Crippen LogP contribution in [0.25, 0.3) is 0 Å². The van der Waals surface area contributed by atoms with Gasteiger partial charge in [0.2, 0.25) is 11.8 Å². The topological polar surface area (TPSA) is 98.2 Å². The van der Waals surface area contributed by atoms with Gasteiger partial charge in [-0.1, -0.05) is 32.4 Å². The molecule has 0 heterocycles. The summed E-state index contributed by atoms with van der Waals surface area (Å²) in [5.74, 6) is -0.843. The van der Waals surface area contributed by atoms with E-state index >= 15 is 0 Å². The second-order valence-corrected chi connectivity index (χ2v) is 6.74. The molecule has 1 aromatic carbocycles. The lowest BCUT2D eigenvalue weighted by Gasteiger charge is -2.22. The SMILES string of the molecule is CC(C)(C)CC(N)CC(=O)Nc1ccc(Cl)c(C(N)=O)c1. The van der Waals surface area contributed by atoms with Crippen LogP contribution in [0, 0.1) is 5.41 Å². The summed E-state index contributed by atoms with van der Waals surface area (Å²) in [6.07, 6.45) is 0.958. The van der Waals surface area contributed by atoms with Crippen molar-refractivity contribution in [3.8, 4) is 0 Å². The van der Waals surface area contributed by atoms with E-state index in [9.17, 15) is 9.59 Å². The van der Waals surface area contributed by atoms with Gasteiger partial charge in [-0.3, -0.25) is 9.59 Å². The Morgan fingerprint density at radius 3 is 2.48 bits per heavy atom. The van der Waals surface area contributed by atoms with E-state index in [1.165, 1.54) is 12.1 Å². The minimum absolute atomic E-state index is 0.0686. The molecule has 0 aromatic heterocycles. The van der Waals surface area contributed by atoms with Gasteiger partial charge in [-0.15, -0.1) is 0 Å². The van der Waals surface area contributed by atoms with Gasteiger partial charge >= 0.3 is 0 Å². The zero-order valence-corrected chi connectivity index (χ0v) is 13.3. The van der Waals surface area contributed by atoms with Crippen molar-refractivity contribution in [1.29, 1.82) is 0 Å². The minimum atomic E-state index is -0.638. The van der Waals surface area contributed by atoms with E-state index in [4.69, 9.17) is 23.1 Å². The Balaban J connectivity index is 2.67. The first-order valence-corrected chi connectivity index (χ1v) is 7.11. The third-order valence-corrected chi connectivity index (χ3v) is 3.17. The highest BCUT2D eigenvalue weighted by Crippen LogP contribution is 2.22. The van der Waals surface area contributed by atoms with Crippen LogP contribution in [0.5, 0.6) is 0 Å². The van der Waals surface area contributed by atoms with Gasteiger partial charge in [-0.2, -0.15) is 0 Å². The highest BCUT2D eigenvalue weighted by Gasteiger charge is 2.18. The van der Waals surface area contributed by atoms with Gasteiger partial charge in [0.1, 0.15) is 0 Å². The summed E-state index contributed by atoms with van der Waals surface area (Å²) >= 11 is 5.85. The number of nitrogens with one attached hydrogen (secondary N) is 1. The Morgan fingerprint density at radius 2 is 1.95 bits per heavy atom. The Labute approximate surface area is 130 Å². The molecule has 0 saturated heterocycles. The number of amides is 2. The van der Waals surface area contributed by atoms with Gasteiger partial charge < -0.3 is 16.8 Å². The van der Waals surface area contributed by atoms with Gasteiger partial charge in [-0.25, -0.2) is 0 Å². The molecule has 2 amide bonds. The van der Waals surface area contributed by atoms with E-state index < -0.39 is 5.91 Å². The first kappa shape index (κ1) is 17.5. The standard InChI is InChI=1S/C15H22ClN3O2/c1-15(2,3)8-9(17)6-13(20)19-10-4-5-12(16)11(7-10)14(18)21/h4-5,7,9H,6,8,17H2,1-3H3,(H2,18,21)(H,19,20). The van der Waals surface area contributed by atoms with Crippen LogP contribution in [-0.2, 0) is 4.79 Å². The zero-order chi connectivity index (χ0) is 16.2. The molecule has 0 aliphatic rings. The normalized spacial score (nSPS) is 12.8. The molecular formula is C15H22ClN3O2. The lowest BCUT2D eigenvalue weighted by atomic mass is 9.87. The number of nitrogens with two attached hydrogens (primary N) is 2. The van der Waals surface area contributed by atoms with Crippen LogP contribution in [0.15, 0.2) is 18.2 Å². The van der Waals surface area contributed by atoms with E-state index in [1.54, 1.807) is 6.07 Å². The van der Waals surface area contributed by atoms with Crippen molar-refractivity contribution in [3.05, 3.63) is 28.8 Å². The maximum atomic E-state index is 11.9. The molecule has 0 fully saturated rings. The first-order valence-electron chi connectivity index (χ1n) is 6.73. The molecule has 0 aliphatic heterocycles. The van der Waals surface area contributed by atoms with Gasteiger partial charge in [0.25, 0.3) is 0 Å². The number of carbonyl (C=O) groups is 2. The van der Waals surface area contributed by atoms with Gasteiger partial charge in [0, 0.05) is 18.2 Å². The number of carbonyl (C=O) groups excluding carboxylic acids is 2. The average Bonchev–Trinajstić information content (AvgIpc) is 2.28. The van der Waals surface area contributed by atoms with Crippen molar-refractivity contribution < 1.29 is 9.59 Å². The summed E-state index contributed by atoms with van der Waals surface area (Å²) in [7, 11) is 0. The lowest BCUT2D eigenvalue weighted by molar-refractivity contribution is -0.116. The molecule has 0 radical (unpaired) electrons. The number of primary amides is 1. The van der Waals surface area contributed by atoms with E-state index in [0.29, 0.717) is 5.69 Å². The lowest BCUT2D eigenvalue weighted by Crippen LogP contribution is -2.31. The highest BCUT2D eigenvalue weighted by molar-refractivity contribution is 6.33. The Bertz CT molecular complexity index is 538. The van der Waals surface area contributed by atoms with Crippen LogP contribution in [0.1, 0.15) is 44.0 Å². The highest BCUT2D eigenvalue weighted by atomic mass is 35.5. The number of anilines is 1. The van der Waals surface area contributed by atoms with Crippen LogP contribution in [0.3, 0.4) is 0 Å². The molecule has 116 valence electrons. The fraction of sp³-hybridized carbons (Fsp3) is 0.467. The second-order valence-electron chi connectivity index (χ2n) is 6.34. The van der Waals surface area contributed by atoms with E-state index in [-0.39, 0.29) is 34.4 Å². The van der Waals surface area contributed by atoms with Crippen molar-refractivity contribution >= 4 is 29.1 Å². The molecule has 0 aliphatic carbocycles. The van der Waals surface area contributed by atoms with Crippen LogP contribution < -0.4 is 16.8 Å². The fourth-order valence-corrected chi connectivity index (χ4v) is 2.31. The molecule has 1 unspecified atom stereocenters.